The molecule has 0 spiro atoms. The summed E-state index contributed by atoms with van der Waals surface area (Å²) in [5.74, 6) is 6.88. The first kappa shape index (κ1) is 23.7. The van der Waals surface area contributed by atoms with E-state index in [4.69, 9.17) is 33.0 Å². The average Bonchev–Trinajstić information content (AvgIpc) is 2.76. The quantitative estimate of drug-likeness (QED) is 0.478. The van der Waals surface area contributed by atoms with Gasteiger partial charge in [-0.2, -0.15) is 0 Å². The zero-order valence-electron chi connectivity index (χ0n) is 17.3. The number of unbranched alkanes of at least 4 members (excludes halogenated alkanes) is 1. The Balaban J connectivity index is 0.00000145. The number of ether oxygens (including phenoxy) is 1. The summed E-state index contributed by atoms with van der Waals surface area (Å²) in [5, 5.41) is 11.7. The Hall–Kier alpha value is -1.54. The van der Waals surface area contributed by atoms with E-state index < -0.39 is 0 Å². The van der Waals surface area contributed by atoms with E-state index in [-0.39, 0.29) is 0 Å². The number of methoxy groups -OCH3 is 1. The Morgan fingerprint density at radius 2 is 1.86 bits per heavy atom. The Kier molecular flexibility index (Phi) is 10.0. The van der Waals surface area contributed by atoms with Gasteiger partial charge in [0.25, 0.3) is 0 Å². The van der Waals surface area contributed by atoms with Crippen molar-refractivity contribution in [1.29, 1.82) is 0 Å². The highest BCUT2D eigenvalue weighted by atomic mass is 35.5. The standard InChI is InChI=1S/C23H25Cl2NO.CH4O/c1-26-23-12-10-18(17-8-11-21(24)22(25)15-17)19-9-7-16(14-20(19)23)6-4-3-5-13-27-2;1-2/h7-9,11,14-15,18,23,26H,3,5,10,12-13H2,1-2H3;2H,1H3. The molecule has 2 unspecified atom stereocenters. The minimum absolute atomic E-state index is 0.336. The van der Waals surface area contributed by atoms with Gasteiger partial charge in [0.1, 0.15) is 0 Å². The lowest BCUT2D eigenvalue weighted by atomic mass is 9.76. The van der Waals surface area contributed by atoms with Gasteiger partial charge in [-0.15, -0.1) is 0 Å². The van der Waals surface area contributed by atoms with Crippen LogP contribution in [0.1, 0.15) is 59.9 Å². The lowest BCUT2D eigenvalue weighted by Crippen LogP contribution is -2.24. The summed E-state index contributed by atoms with van der Waals surface area (Å²) in [6, 6.07) is 12.9. The molecule has 0 fully saturated rings. The molecule has 2 N–H and O–H groups in total. The summed E-state index contributed by atoms with van der Waals surface area (Å²) < 4.78 is 5.07. The predicted octanol–water partition coefficient (Wildman–Crippen LogP) is 5.57. The molecule has 1 aliphatic rings. The van der Waals surface area contributed by atoms with Crippen molar-refractivity contribution in [2.75, 3.05) is 27.9 Å². The Labute approximate surface area is 184 Å². The van der Waals surface area contributed by atoms with Crippen molar-refractivity contribution in [3.63, 3.8) is 0 Å². The van der Waals surface area contributed by atoms with Gasteiger partial charge in [0.15, 0.2) is 0 Å². The van der Waals surface area contributed by atoms with Gasteiger partial charge < -0.3 is 15.2 Å². The molecule has 1 aliphatic carbocycles. The Morgan fingerprint density at radius 3 is 2.55 bits per heavy atom. The van der Waals surface area contributed by atoms with Crippen LogP contribution in [0.2, 0.25) is 10.0 Å². The number of nitrogens with one attached hydrogen (secondary N) is 1. The van der Waals surface area contributed by atoms with Crippen LogP contribution >= 0.6 is 23.2 Å². The van der Waals surface area contributed by atoms with E-state index in [9.17, 15) is 0 Å². The maximum atomic E-state index is 7.00. The number of aliphatic hydroxyl groups excluding tert-OH is 1. The van der Waals surface area contributed by atoms with Crippen LogP contribution in [0, 0.1) is 11.8 Å². The average molecular weight is 434 g/mol. The molecule has 156 valence electrons. The lowest BCUT2D eigenvalue weighted by molar-refractivity contribution is 0.196. The number of rotatable bonds is 5. The SMILES string of the molecule is CNC1CCC(c2ccc(Cl)c(Cl)c2)c2ccc(C#CCCCOC)cc21.CO. The highest BCUT2D eigenvalue weighted by molar-refractivity contribution is 6.42. The monoisotopic (exact) mass is 433 g/mol. The van der Waals surface area contributed by atoms with Gasteiger partial charge in [-0.05, 0) is 67.3 Å². The minimum Gasteiger partial charge on any atom is -0.400 e. The molecule has 0 aliphatic heterocycles. The second-order valence-corrected chi connectivity index (χ2v) is 7.70. The summed E-state index contributed by atoms with van der Waals surface area (Å²) >= 11 is 12.4. The van der Waals surface area contributed by atoms with Crippen molar-refractivity contribution in [3.05, 3.63) is 68.7 Å². The van der Waals surface area contributed by atoms with Gasteiger partial charge >= 0.3 is 0 Å². The van der Waals surface area contributed by atoms with E-state index in [0.29, 0.717) is 22.0 Å². The van der Waals surface area contributed by atoms with E-state index in [1.54, 1.807) is 7.11 Å². The van der Waals surface area contributed by atoms with Crippen molar-refractivity contribution >= 4 is 23.2 Å². The van der Waals surface area contributed by atoms with E-state index in [2.05, 4.69) is 41.4 Å². The molecule has 0 saturated heterocycles. The van der Waals surface area contributed by atoms with Gasteiger partial charge in [0.05, 0.1) is 10.0 Å². The lowest BCUT2D eigenvalue weighted by Gasteiger charge is -2.32. The topological polar surface area (TPSA) is 41.5 Å². The summed E-state index contributed by atoms with van der Waals surface area (Å²) in [5.41, 5.74) is 4.98. The van der Waals surface area contributed by atoms with Crippen molar-refractivity contribution in [2.24, 2.45) is 0 Å². The van der Waals surface area contributed by atoms with Crippen LogP contribution in [0.3, 0.4) is 0 Å². The van der Waals surface area contributed by atoms with Crippen LogP contribution < -0.4 is 5.32 Å². The van der Waals surface area contributed by atoms with E-state index in [1.165, 1.54) is 16.7 Å². The van der Waals surface area contributed by atoms with Crippen molar-refractivity contribution < 1.29 is 9.84 Å². The molecule has 2 aromatic rings. The predicted molar refractivity (Wildman–Crippen MR) is 122 cm³/mol. The maximum absolute atomic E-state index is 7.00. The first-order chi connectivity index (χ1) is 14.1. The molecule has 29 heavy (non-hydrogen) atoms. The molecule has 0 amide bonds. The van der Waals surface area contributed by atoms with E-state index in [1.807, 2.05) is 19.2 Å². The first-order valence-corrected chi connectivity index (χ1v) is 10.6. The van der Waals surface area contributed by atoms with Crippen LogP contribution in [0.25, 0.3) is 0 Å². The normalized spacial score (nSPS) is 17.4. The fraction of sp³-hybridized carbons (Fsp3) is 0.417. The first-order valence-electron chi connectivity index (χ1n) is 9.82. The molecule has 0 saturated carbocycles. The van der Waals surface area contributed by atoms with E-state index in [0.717, 1.165) is 45.0 Å². The fourth-order valence-corrected chi connectivity index (χ4v) is 4.07. The van der Waals surface area contributed by atoms with Gasteiger partial charge in [0, 0.05) is 44.8 Å². The Morgan fingerprint density at radius 1 is 1.07 bits per heavy atom. The molecule has 3 nitrogen and oxygen atoms in total. The molecule has 0 radical (unpaired) electrons. The number of hydrogen-bond donors (Lipinski definition) is 2. The second-order valence-electron chi connectivity index (χ2n) is 6.89. The molecule has 0 heterocycles. The van der Waals surface area contributed by atoms with E-state index >= 15 is 0 Å². The van der Waals surface area contributed by atoms with Crippen LogP contribution in [-0.2, 0) is 4.74 Å². The highest BCUT2D eigenvalue weighted by Gasteiger charge is 2.27. The third kappa shape index (κ3) is 6.22. The number of halogens is 2. The van der Waals surface area contributed by atoms with Crippen LogP contribution in [0.15, 0.2) is 36.4 Å². The molecule has 2 aromatic carbocycles. The van der Waals surface area contributed by atoms with Crippen molar-refractivity contribution in [2.45, 2.75) is 37.6 Å². The second kappa shape index (κ2) is 12.2. The maximum Gasteiger partial charge on any atom is 0.0595 e. The molecule has 0 bridgehead atoms. The van der Waals surface area contributed by atoms with Crippen LogP contribution in [0.4, 0.5) is 0 Å². The molecule has 0 aromatic heterocycles. The third-order valence-electron chi connectivity index (χ3n) is 5.16. The summed E-state index contributed by atoms with van der Waals surface area (Å²) in [6.07, 6.45) is 3.98. The number of aliphatic hydroxyl groups is 1. The summed E-state index contributed by atoms with van der Waals surface area (Å²) in [6.45, 7) is 0.756. The number of fused-ring (bicyclic) bond motifs is 1. The zero-order valence-corrected chi connectivity index (χ0v) is 18.8. The summed E-state index contributed by atoms with van der Waals surface area (Å²) in [7, 11) is 4.75. The largest absolute Gasteiger partial charge is 0.400 e. The van der Waals surface area contributed by atoms with Crippen LogP contribution in [-0.4, -0.2) is 33.0 Å². The van der Waals surface area contributed by atoms with Gasteiger partial charge in [0.2, 0.25) is 0 Å². The minimum atomic E-state index is 0.336. The highest BCUT2D eigenvalue weighted by Crippen LogP contribution is 2.42. The fourth-order valence-electron chi connectivity index (χ4n) is 3.76. The van der Waals surface area contributed by atoms with Crippen molar-refractivity contribution in [3.8, 4) is 11.8 Å². The van der Waals surface area contributed by atoms with Gasteiger partial charge in [-0.3, -0.25) is 0 Å². The zero-order chi connectivity index (χ0) is 21.2. The molecule has 5 heteroatoms. The molecule has 3 rings (SSSR count). The van der Waals surface area contributed by atoms with Gasteiger partial charge in [-0.25, -0.2) is 0 Å². The summed E-state index contributed by atoms with van der Waals surface area (Å²) in [4.78, 5) is 0. The number of benzene rings is 2. The molecular weight excluding hydrogens is 405 g/mol. The smallest absolute Gasteiger partial charge is 0.0595 e. The molecular formula is C24H29Cl2NO2. The van der Waals surface area contributed by atoms with Crippen LogP contribution in [0.5, 0.6) is 0 Å². The van der Waals surface area contributed by atoms with Crippen molar-refractivity contribution in [1.82, 2.24) is 5.32 Å². The Bertz CT molecular complexity index is 858. The number of hydrogen-bond acceptors (Lipinski definition) is 3. The third-order valence-corrected chi connectivity index (χ3v) is 5.90. The van der Waals surface area contributed by atoms with Gasteiger partial charge in [-0.1, -0.05) is 47.2 Å². The molecule has 2 atom stereocenters.